The fraction of sp³-hybridized carbons (Fsp3) is 0.222. The third-order valence-corrected chi connectivity index (χ3v) is 6.16. The number of sulfone groups is 1. The van der Waals surface area contributed by atoms with E-state index >= 15 is 0 Å². The molecule has 0 unspecified atom stereocenters. The Morgan fingerprint density at radius 3 is 2.61 bits per heavy atom. The van der Waals surface area contributed by atoms with Gasteiger partial charge in [-0.15, -0.1) is 0 Å². The van der Waals surface area contributed by atoms with Crippen LogP contribution in [0.4, 0.5) is 16.2 Å². The number of phenols is 1. The van der Waals surface area contributed by atoms with E-state index in [1.165, 1.54) is 24.3 Å². The van der Waals surface area contributed by atoms with Crippen molar-refractivity contribution in [2.45, 2.75) is 12.5 Å². The van der Waals surface area contributed by atoms with E-state index in [-0.39, 0.29) is 28.5 Å². The number of nitrogens with one attached hydrogen (secondary N) is 3. The zero-order valence-corrected chi connectivity index (χ0v) is 16.2. The maximum atomic E-state index is 12.4. The van der Waals surface area contributed by atoms with Crippen LogP contribution in [0.1, 0.15) is 16.8 Å². The predicted octanol–water partition coefficient (Wildman–Crippen LogP) is 2.61. The van der Waals surface area contributed by atoms with Crippen LogP contribution in [-0.4, -0.2) is 43.0 Å². The molecular weight excluding hydrogens is 406 g/mol. The van der Waals surface area contributed by atoms with Crippen LogP contribution in [-0.2, 0) is 9.84 Å². The topological polar surface area (TPSA) is 125 Å². The predicted molar refractivity (Wildman–Crippen MR) is 107 cm³/mol. The van der Waals surface area contributed by atoms with Crippen molar-refractivity contribution in [3.05, 3.63) is 53.1 Å². The third kappa shape index (κ3) is 5.14. The molecule has 0 aliphatic carbocycles. The second-order valence-corrected chi connectivity index (χ2v) is 9.06. The number of anilines is 2. The summed E-state index contributed by atoms with van der Waals surface area (Å²) in [4.78, 5) is 24.5. The maximum absolute atomic E-state index is 12.4. The van der Waals surface area contributed by atoms with Crippen molar-refractivity contribution in [3.8, 4) is 5.75 Å². The van der Waals surface area contributed by atoms with E-state index in [1.54, 1.807) is 18.2 Å². The van der Waals surface area contributed by atoms with Crippen molar-refractivity contribution in [1.82, 2.24) is 5.32 Å². The van der Waals surface area contributed by atoms with Gasteiger partial charge < -0.3 is 21.1 Å². The molecule has 0 saturated carbocycles. The number of benzene rings is 2. The lowest BCUT2D eigenvalue weighted by molar-refractivity contribution is 0.102. The highest BCUT2D eigenvalue weighted by atomic mass is 35.5. The van der Waals surface area contributed by atoms with Gasteiger partial charge in [0.15, 0.2) is 9.84 Å². The Kier molecular flexibility index (Phi) is 5.76. The summed E-state index contributed by atoms with van der Waals surface area (Å²) in [6.07, 6.45) is 0.376. The van der Waals surface area contributed by atoms with Gasteiger partial charge in [0, 0.05) is 22.3 Å². The van der Waals surface area contributed by atoms with Crippen LogP contribution in [0.15, 0.2) is 42.5 Å². The van der Waals surface area contributed by atoms with E-state index < -0.39 is 27.8 Å². The van der Waals surface area contributed by atoms with E-state index in [2.05, 4.69) is 16.0 Å². The number of rotatable bonds is 4. The van der Waals surface area contributed by atoms with Gasteiger partial charge in [-0.1, -0.05) is 17.7 Å². The van der Waals surface area contributed by atoms with Gasteiger partial charge in [-0.2, -0.15) is 0 Å². The Balaban J connectivity index is 1.64. The molecule has 28 heavy (non-hydrogen) atoms. The molecule has 8 nitrogen and oxygen atoms in total. The van der Waals surface area contributed by atoms with E-state index in [1.807, 2.05) is 0 Å². The first-order chi connectivity index (χ1) is 13.2. The van der Waals surface area contributed by atoms with Crippen molar-refractivity contribution in [2.24, 2.45) is 0 Å². The van der Waals surface area contributed by atoms with Gasteiger partial charge in [-0.05, 0) is 42.8 Å². The first-order valence-electron chi connectivity index (χ1n) is 8.40. The molecule has 0 aromatic heterocycles. The quantitative estimate of drug-likeness (QED) is 0.562. The number of phenolic OH excluding ortho intramolecular Hbond substituents is 1. The smallest absolute Gasteiger partial charge is 0.319 e. The fourth-order valence-electron chi connectivity index (χ4n) is 2.80. The summed E-state index contributed by atoms with van der Waals surface area (Å²) in [6, 6.07) is 9.48. The average molecular weight is 424 g/mol. The summed E-state index contributed by atoms with van der Waals surface area (Å²) >= 11 is 5.86. The van der Waals surface area contributed by atoms with E-state index in [4.69, 9.17) is 11.6 Å². The highest BCUT2D eigenvalue weighted by Crippen LogP contribution is 2.27. The highest BCUT2D eigenvalue weighted by molar-refractivity contribution is 7.91. The third-order valence-electron chi connectivity index (χ3n) is 4.16. The molecule has 1 fully saturated rings. The summed E-state index contributed by atoms with van der Waals surface area (Å²) in [5, 5.41) is 17.9. The van der Waals surface area contributed by atoms with Gasteiger partial charge in [0.05, 0.1) is 17.2 Å². The average Bonchev–Trinajstić information content (AvgIpc) is 2.96. The molecule has 10 heteroatoms. The van der Waals surface area contributed by atoms with Gasteiger partial charge in [-0.3, -0.25) is 4.79 Å². The summed E-state index contributed by atoms with van der Waals surface area (Å²) in [7, 11) is -3.09. The number of halogens is 1. The van der Waals surface area contributed by atoms with Crippen LogP contribution >= 0.6 is 11.6 Å². The van der Waals surface area contributed by atoms with E-state index in [9.17, 15) is 23.1 Å². The second-order valence-electron chi connectivity index (χ2n) is 6.39. The van der Waals surface area contributed by atoms with Gasteiger partial charge in [-0.25, -0.2) is 13.2 Å². The number of urea groups is 1. The highest BCUT2D eigenvalue weighted by Gasteiger charge is 2.28. The van der Waals surface area contributed by atoms with Crippen molar-refractivity contribution >= 4 is 44.8 Å². The second kappa shape index (κ2) is 8.07. The number of carbonyl (C=O) groups excluding carboxylic acids is 2. The Hall–Kier alpha value is -2.78. The minimum Gasteiger partial charge on any atom is -0.506 e. The summed E-state index contributed by atoms with van der Waals surface area (Å²) in [6.45, 7) is 0. The molecule has 1 aliphatic heterocycles. The monoisotopic (exact) mass is 423 g/mol. The molecule has 2 aromatic carbocycles. The van der Waals surface area contributed by atoms with E-state index in [0.717, 1.165) is 0 Å². The lowest BCUT2D eigenvalue weighted by Gasteiger charge is -2.13. The van der Waals surface area contributed by atoms with Crippen LogP contribution in [0.2, 0.25) is 5.02 Å². The van der Waals surface area contributed by atoms with Crippen LogP contribution < -0.4 is 16.0 Å². The molecule has 0 spiro atoms. The number of amides is 3. The number of hydrogen-bond donors (Lipinski definition) is 4. The van der Waals surface area contributed by atoms with E-state index in [0.29, 0.717) is 17.1 Å². The molecule has 3 amide bonds. The molecule has 0 bridgehead atoms. The van der Waals surface area contributed by atoms with Gasteiger partial charge in [0.25, 0.3) is 5.91 Å². The van der Waals surface area contributed by atoms with Crippen molar-refractivity contribution < 1.29 is 23.1 Å². The maximum Gasteiger partial charge on any atom is 0.319 e. The number of aromatic hydroxyl groups is 1. The normalized spacial score (nSPS) is 17.7. The first kappa shape index (κ1) is 20.0. The minimum atomic E-state index is -3.09. The van der Waals surface area contributed by atoms with Crippen LogP contribution in [0.25, 0.3) is 0 Å². The summed E-state index contributed by atoms with van der Waals surface area (Å²) < 4.78 is 22.9. The lowest BCUT2D eigenvalue weighted by Crippen LogP contribution is -2.38. The number of carbonyl (C=O) groups is 2. The minimum absolute atomic E-state index is 0.0595. The van der Waals surface area contributed by atoms with Gasteiger partial charge in [0.1, 0.15) is 5.75 Å². The van der Waals surface area contributed by atoms with Crippen LogP contribution in [0, 0.1) is 0 Å². The summed E-state index contributed by atoms with van der Waals surface area (Å²) in [5.74, 6) is -0.642. The molecule has 2 aromatic rings. The largest absolute Gasteiger partial charge is 0.506 e. The molecule has 1 saturated heterocycles. The SMILES string of the molecule is O=C(Nc1cccc(C(=O)Nc2cc(Cl)ccc2O)c1)N[C@@H]1CCS(=O)(=O)C1. The summed E-state index contributed by atoms with van der Waals surface area (Å²) in [5.41, 5.74) is 0.776. The van der Waals surface area contributed by atoms with Crippen LogP contribution in [0.5, 0.6) is 5.75 Å². The molecule has 4 N–H and O–H groups in total. The van der Waals surface area contributed by atoms with Crippen molar-refractivity contribution in [3.63, 3.8) is 0 Å². The molecule has 148 valence electrons. The van der Waals surface area contributed by atoms with Crippen molar-refractivity contribution in [2.75, 3.05) is 22.1 Å². The zero-order valence-electron chi connectivity index (χ0n) is 14.6. The Bertz CT molecular complexity index is 1030. The lowest BCUT2D eigenvalue weighted by atomic mass is 10.1. The van der Waals surface area contributed by atoms with Gasteiger partial charge in [0.2, 0.25) is 0 Å². The van der Waals surface area contributed by atoms with Crippen LogP contribution in [0.3, 0.4) is 0 Å². The Labute approximate surface area is 166 Å². The fourth-order valence-corrected chi connectivity index (χ4v) is 4.65. The first-order valence-corrected chi connectivity index (χ1v) is 10.6. The Morgan fingerprint density at radius 2 is 1.89 bits per heavy atom. The molecule has 0 radical (unpaired) electrons. The molecule has 3 rings (SSSR count). The van der Waals surface area contributed by atoms with Crippen molar-refractivity contribution in [1.29, 1.82) is 0 Å². The number of hydrogen-bond acceptors (Lipinski definition) is 5. The molecule has 1 aliphatic rings. The molecule has 1 atom stereocenters. The molecule has 1 heterocycles. The van der Waals surface area contributed by atoms with Gasteiger partial charge >= 0.3 is 6.03 Å². The molecular formula is C18H18ClN3O5S. The zero-order chi connectivity index (χ0) is 20.3. The Morgan fingerprint density at radius 1 is 1.11 bits per heavy atom. The standard InChI is InChI=1S/C18H18ClN3O5S/c19-12-4-5-16(23)15(9-12)22-17(24)11-2-1-3-13(8-11)20-18(25)21-14-6-7-28(26,27)10-14/h1-5,8-9,14,23H,6-7,10H2,(H,22,24)(H2,20,21,25)/t14-/m1/s1.